The Kier molecular flexibility index (Phi) is 8.19. The molecule has 0 unspecified atom stereocenters. The van der Waals surface area contributed by atoms with Crippen LogP contribution >= 0.6 is 0 Å². The molecule has 1 heterocycles. The molecule has 0 saturated heterocycles. The quantitative estimate of drug-likeness (QED) is 0.379. The number of guanidine groups is 1. The smallest absolute Gasteiger partial charge is 0.387 e. The highest BCUT2D eigenvalue weighted by atomic mass is 19.3. The van der Waals surface area contributed by atoms with Crippen LogP contribution in [0.5, 0.6) is 23.1 Å². The van der Waals surface area contributed by atoms with Crippen molar-refractivity contribution in [3.8, 4) is 23.1 Å². The van der Waals surface area contributed by atoms with E-state index in [4.69, 9.17) is 9.47 Å². The first kappa shape index (κ1) is 22.8. The van der Waals surface area contributed by atoms with Crippen LogP contribution in [0, 0.1) is 0 Å². The van der Waals surface area contributed by atoms with E-state index in [1.54, 1.807) is 56.8 Å². The van der Waals surface area contributed by atoms with Crippen LogP contribution in [0.3, 0.4) is 0 Å². The number of aromatic nitrogens is 1. The highest BCUT2D eigenvalue weighted by molar-refractivity contribution is 5.79. The maximum atomic E-state index is 12.6. The van der Waals surface area contributed by atoms with E-state index >= 15 is 0 Å². The molecule has 2 aromatic carbocycles. The van der Waals surface area contributed by atoms with Crippen molar-refractivity contribution in [3.63, 3.8) is 0 Å². The molecule has 0 spiro atoms. The maximum Gasteiger partial charge on any atom is 0.387 e. The Hall–Kier alpha value is -3.88. The summed E-state index contributed by atoms with van der Waals surface area (Å²) in [5, 5.41) is 6.23. The number of alkyl halides is 2. The zero-order chi connectivity index (χ0) is 22.8. The third-order valence-electron chi connectivity index (χ3n) is 4.40. The molecule has 3 rings (SSSR count). The Morgan fingerprint density at radius 2 is 1.69 bits per heavy atom. The van der Waals surface area contributed by atoms with E-state index in [0.29, 0.717) is 29.7 Å². The van der Waals surface area contributed by atoms with Gasteiger partial charge in [0.25, 0.3) is 0 Å². The van der Waals surface area contributed by atoms with Crippen molar-refractivity contribution in [2.45, 2.75) is 19.7 Å². The molecule has 2 N–H and O–H groups in total. The molecular weight excluding hydrogens is 418 g/mol. The maximum absolute atomic E-state index is 12.6. The van der Waals surface area contributed by atoms with Gasteiger partial charge < -0.3 is 24.8 Å². The number of ether oxygens (including phenoxy) is 3. The number of nitrogens with one attached hydrogen (secondary N) is 2. The number of para-hydroxylation sites is 1. The third-order valence-corrected chi connectivity index (χ3v) is 4.40. The molecule has 0 saturated carbocycles. The first-order valence-electron chi connectivity index (χ1n) is 9.81. The highest BCUT2D eigenvalue weighted by Crippen LogP contribution is 2.22. The van der Waals surface area contributed by atoms with Gasteiger partial charge in [-0.15, -0.1) is 0 Å². The SMILES string of the molecule is CN=C(NCc1ccc(Oc2ccc(OC)cc2)nc1)NCc1ccccc1OC(F)F. The lowest BCUT2D eigenvalue weighted by molar-refractivity contribution is -0.0504. The number of rotatable bonds is 9. The van der Waals surface area contributed by atoms with Gasteiger partial charge in [0, 0.05) is 38.0 Å². The molecule has 3 aromatic rings. The summed E-state index contributed by atoms with van der Waals surface area (Å²) in [6, 6.07) is 17.5. The molecule has 0 radical (unpaired) electrons. The molecule has 7 nitrogen and oxygen atoms in total. The molecular formula is C23H24F2N4O3. The van der Waals surface area contributed by atoms with E-state index in [1.165, 1.54) is 6.07 Å². The van der Waals surface area contributed by atoms with Gasteiger partial charge in [0.1, 0.15) is 17.2 Å². The fraction of sp³-hybridized carbons (Fsp3) is 0.217. The third kappa shape index (κ3) is 6.83. The number of nitrogens with zero attached hydrogens (tertiary/aromatic N) is 2. The summed E-state index contributed by atoms with van der Waals surface area (Å²) in [7, 11) is 3.23. The Labute approximate surface area is 185 Å². The van der Waals surface area contributed by atoms with E-state index in [2.05, 4.69) is 25.3 Å². The minimum absolute atomic E-state index is 0.127. The number of halogens is 2. The summed E-state index contributed by atoms with van der Waals surface area (Å²) in [6.07, 6.45) is 1.70. The average Bonchev–Trinajstić information content (AvgIpc) is 2.81. The van der Waals surface area contributed by atoms with Crippen LogP contribution in [-0.4, -0.2) is 31.7 Å². The largest absolute Gasteiger partial charge is 0.497 e. The summed E-state index contributed by atoms with van der Waals surface area (Å²) in [5.74, 6) is 2.51. The van der Waals surface area contributed by atoms with Crippen LogP contribution in [0.15, 0.2) is 71.9 Å². The fourth-order valence-electron chi connectivity index (χ4n) is 2.79. The van der Waals surface area contributed by atoms with Gasteiger partial charge in [-0.1, -0.05) is 24.3 Å². The summed E-state index contributed by atoms with van der Waals surface area (Å²) in [5.41, 5.74) is 1.51. The van der Waals surface area contributed by atoms with Crippen LogP contribution in [0.4, 0.5) is 8.78 Å². The second-order valence-electron chi connectivity index (χ2n) is 6.55. The van der Waals surface area contributed by atoms with E-state index in [-0.39, 0.29) is 12.3 Å². The van der Waals surface area contributed by atoms with Crippen molar-refractivity contribution in [1.82, 2.24) is 15.6 Å². The van der Waals surface area contributed by atoms with Crippen LogP contribution < -0.4 is 24.8 Å². The molecule has 0 amide bonds. The highest BCUT2D eigenvalue weighted by Gasteiger charge is 2.09. The van der Waals surface area contributed by atoms with Crippen LogP contribution in [0.25, 0.3) is 0 Å². The lowest BCUT2D eigenvalue weighted by Crippen LogP contribution is -2.36. The molecule has 168 valence electrons. The molecule has 0 atom stereocenters. The monoisotopic (exact) mass is 442 g/mol. The first-order chi connectivity index (χ1) is 15.6. The lowest BCUT2D eigenvalue weighted by Gasteiger charge is -2.14. The van der Waals surface area contributed by atoms with Gasteiger partial charge in [-0.2, -0.15) is 8.78 Å². The average molecular weight is 442 g/mol. The minimum atomic E-state index is -2.88. The van der Waals surface area contributed by atoms with Crippen LogP contribution in [0.1, 0.15) is 11.1 Å². The number of hydrogen-bond acceptors (Lipinski definition) is 5. The number of aliphatic imine (C=N–C) groups is 1. The molecule has 9 heteroatoms. The first-order valence-corrected chi connectivity index (χ1v) is 9.81. The predicted octanol–water partition coefficient (Wildman–Crippen LogP) is 4.35. The number of benzene rings is 2. The van der Waals surface area contributed by atoms with Gasteiger partial charge in [0.2, 0.25) is 5.88 Å². The second-order valence-corrected chi connectivity index (χ2v) is 6.55. The minimum Gasteiger partial charge on any atom is -0.497 e. The van der Waals surface area contributed by atoms with Gasteiger partial charge in [-0.25, -0.2) is 4.98 Å². The van der Waals surface area contributed by atoms with Gasteiger partial charge in [0.15, 0.2) is 5.96 Å². The molecule has 0 aliphatic heterocycles. The molecule has 0 fully saturated rings. The molecule has 0 bridgehead atoms. The standard InChI is InChI=1S/C23H24F2N4O3/c1-26-23(29-15-17-5-3-4-6-20(17)32-22(24)25)28-14-16-7-12-21(27-13-16)31-19-10-8-18(30-2)9-11-19/h3-13,22H,14-15H2,1-2H3,(H2,26,28,29). The van der Waals surface area contributed by atoms with Gasteiger partial charge in [-0.3, -0.25) is 4.99 Å². The van der Waals surface area contributed by atoms with E-state index in [9.17, 15) is 8.78 Å². The van der Waals surface area contributed by atoms with Crippen molar-refractivity contribution in [2.75, 3.05) is 14.2 Å². The number of pyridine rings is 1. The van der Waals surface area contributed by atoms with Crippen molar-refractivity contribution in [1.29, 1.82) is 0 Å². The zero-order valence-corrected chi connectivity index (χ0v) is 17.7. The molecule has 1 aromatic heterocycles. The Bertz CT molecular complexity index is 1010. The summed E-state index contributed by atoms with van der Waals surface area (Å²) in [4.78, 5) is 8.46. The Morgan fingerprint density at radius 3 is 2.34 bits per heavy atom. The van der Waals surface area contributed by atoms with E-state index in [1.807, 2.05) is 18.2 Å². The predicted molar refractivity (Wildman–Crippen MR) is 117 cm³/mol. The second kappa shape index (κ2) is 11.5. The van der Waals surface area contributed by atoms with Crippen LogP contribution in [-0.2, 0) is 13.1 Å². The summed E-state index contributed by atoms with van der Waals surface area (Å²) in [6.45, 7) is -2.14. The van der Waals surface area contributed by atoms with Gasteiger partial charge in [-0.05, 0) is 35.9 Å². The van der Waals surface area contributed by atoms with Crippen molar-refractivity contribution in [2.24, 2.45) is 4.99 Å². The molecule has 0 aliphatic carbocycles. The van der Waals surface area contributed by atoms with E-state index < -0.39 is 6.61 Å². The fourth-order valence-corrected chi connectivity index (χ4v) is 2.79. The Morgan fingerprint density at radius 1 is 0.969 bits per heavy atom. The van der Waals surface area contributed by atoms with Gasteiger partial charge >= 0.3 is 6.61 Å². The number of hydrogen-bond donors (Lipinski definition) is 2. The molecule has 32 heavy (non-hydrogen) atoms. The Balaban J connectivity index is 1.50. The normalized spacial score (nSPS) is 11.2. The van der Waals surface area contributed by atoms with Crippen molar-refractivity contribution in [3.05, 3.63) is 78.0 Å². The van der Waals surface area contributed by atoms with Crippen molar-refractivity contribution < 1.29 is 23.0 Å². The molecule has 0 aliphatic rings. The topological polar surface area (TPSA) is 77.0 Å². The summed E-state index contributed by atoms with van der Waals surface area (Å²) >= 11 is 0. The van der Waals surface area contributed by atoms with Gasteiger partial charge in [0.05, 0.1) is 7.11 Å². The van der Waals surface area contributed by atoms with Crippen LogP contribution in [0.2, 0.25) is 0 Å². The number of methoxy groups -OCH3 is 1. The van der Waals surface area contributed by atoms with E-state index in [0.717, 1.165) is 11.3 Å². The van der Waals surface area contributed by atoms with Crippen molar-refractivity contribution >= 4 is 5.96 Å². The lowest BCUT2D eigenvalue weighted by atomic mass is 10.2. The summed E-state index contributed by atoms with van der Waals surface area (Å²) < 4.78 is 40.5. The zero-order valence-electron chi connectivity index (χ0n) is 17.7.